The molecule has 0 amide bonds. The molecule has 0 spiro atoms. The molecule has 0 fully saturated rings. The molecule has 0 radical (unpaired) electrons. The van der Waals surface area contributed by atoms with E-state index in [4.69, 9.17) is 0 Å². The summed E-state index contributed by atoms with van der Waals surface area (Å²) in [6, 6.07) is 5.77. The van der Waals surface area contributed by atoms with Gasteiger partial charge in [0, 0.05) is 11.8 Å². The summed E-state index contributed by atoms with van der Waals surface area (Å²) in [5, 5.41) is 17.4. The van der Waals surface area contributed by atoms with Crippen molar-refractivity contribution in [3.05, 3.63) is 41.3 Å². The quantitative estimate of drug-likeness (QED) is 0.640. The van der Waals surface area contributed by atoms with E-state index in [1.165, 1.54) is 0 Å². The van der Waals surface area contributed by atoms with Gasteiger partial charge in [0.25, 0.3) is 0 Å². The molecular weight excluding hydrogens is 252 g/mol. The standard InChI is InChI=1S/C15H18N4O/c1-10-14-11(18-20)8-15(2,3)9-12(14)19(17-10)13-6-4-5-7-16-13/h4-7,20H,8-9H2,1-3H3. The smallest absolute Gasteiger partial charge is 0.153 e. The van der Waals surface area contributed by atoms with Gasteiger partial charge in [0.1, 0.15) is 0 Å². The van der Waals surface area contributed by atoms with Crippen molar-refractivity contribution in [1.29, 1.82) is 0 Å². The predicted octanol–water partition coefficient (Wildman–Crippen LogP) is 2.73. The van der Waals surface area contributed by atoms with E-state index in [0.29, 0.717) is 0 Å². The molecule has 2 aromatic rings. The van der Waals surface area contributed by atoms with Gasteiger partial charge < -0.3 is 5.21 Å². The number of fused-ring (bicyclic) bond motifs is 1. The summed E-state index contributed by atoms with van der Waals surface area (Å²) in [6.45, 7) is 6.29. The molecule has 0 unspecified atom stereocenters. The van der Waals surface area contributed by atoms with E-state index >= 15 is 0 Å². The first-order chi connectivity index (χ1) is 9.52. The third-order valence-electron chi connectivity index (χ3n) is 3.72. The highest BCUT2D eigenvalue weighted by Crippen LogP contribution is 2.37. The highest BCUT2D eigenvalue weighted by Gasteiger charge is 2.35. The number of pyridine rings is 1. The van der Waals surface area contributed by atoms with Crippen LogP contribution in [-0.4, -0.2) is 25.7 Å². The third kappa shape index (κ3) is 1.99. The summed E-state index contributed by atoms with van der Waals surface area (Å²) in [5.41, 5.74) is 3.70. The molecule has 0 aliphatic heterocycles. The lowest BCUT2D eigenvalue weighted by Crippen LogP contribution is -2.28. The van der Waals surface area contributed by atoms with Crippen LogP contribution < -0.4 is 0 Å². The Kier molecular flexibility index (Phi) is 2.85. The summed E-state index contributed by atoms with van der Waals surface area (Å²) in [5.74, 6) is 0.798. The molecule has 1 aliphatic carbocycles. The fraction of sp³-hybridized carbons (Fsp3) is 0.400. The SMILES string of the molecule is Cc1nn(-c2ccccn2)c2c1C(=NO)CC(C)(C)C2. The van der Waals surface area contributed by atoms with Crippen molar-refractivity contribution >= 4 is 5.71 Å². The summed E-state index contributed by atoms with van der Waals surface area (Å²) in [7, 11) is 0. The fourth-order valence-corrected chi connectivity index (χ4v) is 2.93. The van der Waals surface area contributed by atoms with Crippen LogP contribution in [0.1, 0.15) is 37.2 Å². The highest BCUT2D eigenvalue weighted by atomic mass is 16.4. The molecule has 1 aliphatic rings. The number of hydrogen-bond donors (Lipinski definition) is 1. The van der Waals surface area contributed by atoms with E-state index in [-0.39, 0.29) is 5.41 Å². The van der Waals surface area contributed by atoms with Crippen molar-refractivity contribution in [2.75, 3.05) is 0 Å². The largest absolute Gasteiger partial charge is 0.411 e. The van der Waals surface area contributed by atoms with Crippen LogP contribution in [0.3, 0.4) is 0 Å². The predicted molar refractivity (Wildman–Crippen MR) is 76.5 cm³/mol. The average Bonchev–Trinajstić information content (AvgIpc) is 2.74. The van der Waals surface area contributed by atoms with Gasteiger partial charge in [-0.3, -0.25) is 0 Å². The van der Waals surface area contributed by atoms with Gasteiger partial charge in [-0.05, 0) is 37.3 Å². The van der Waals surface area contributed by atoms with E-state index in [9.17, 15) is 5.21 Å². The Morgan fingerprint density at radius 2 is 2.10 bits per heavy atom. The van der Waals surface area contributed by atoms with Gasteiger partial charge in [0.2, 0.25) is 0 Å². The van der Waals surface area contributed by atoms with Crippen molar-refractivity contribution in [3.63, 3.8) is 0 Å². The topological polar surface area (TPSA) is 63.3 Å². The number of oxime groups is 1. The first-order valence-corrected chi connectivity index (χ1v) is 6.73. The zero-order valence-electron chi connectivity index (χ0n) is 12.0. The van der Waals surface area contributed by atoms with Crippen molar-refractivity contribution < 1.29 is 5.21 Å². The number of hydrogen-bond acceptors (Lipinski definition) is 4. The minimum Gasteiger partial charge on any atom is -0.411 e. The number of aryl methyl sites for hydroxylation is 1. The number of nitrogens with zero attached hydrogens (tertiary/aromatic N) is 4. The Morgan fingerprint density at radius 3 is 2.75 bits per heavy atom. The minimum absolute atomic E-state index is 0.0492. The summed E-state index contributed by atoms with van der Waals surface area (Å²) in [6.07, 6.45) is 3.40. The van der Waals surface area contributed by atoms with Crippen LogP contribution in [-0.2, 0) is 6.42 Å². The van der Waals surface area contributed by atoms with Gasteiger partial charge >= 0.3 is 0 Å². The molecule has 0 aromatic carbocycles. The van der Waals surface area contributed by atoms with Crippen LogP contribution >= 0.6 is 0 Å². The maximum absolute atomic E-state index is 9.31. The molecular formula is C15H18N4O. The molecule has 0 saturated carbocycles. The lowest BCUT2D eigenvalue weighted by molar-refractivity contribution is 0.305. The third-order valence-corrected chi connectivity index (χ3v) is 3.72. The molecule has 0 saturated heterocycles. The monoisotopic (exact) mass is 270 g/mol. The molecule has 3 rings (SSSR count). The van der Waals surface area contributed by atoms with Crippen LogP contribution in [0.4, 0.5) is 0 Å². The summed E-state index contributed by atoms with van der Waals surface area (Å²) < 4.78 is 1.87. The van der Waals surface area contributed by atoms with Crippen molar-refractivity contribution in [2.45, 2.75) is 33.6 Å². The Hall–Kier alpha value is -2.17. The molecule has 104 valence electrons. The van der Waals surface area contributed by atoms with Crippen LogP contribution in [0, 0.1) is 12.3 Å². The lowest BCUT2D eigenvalue weighted by Gasteiger charge is -2.30. The van der Waals surface area contributed by atoms with Crippen molar-refractivity contribution in [3.8, 4) is 5.82 Å². The molecule has 1 N–H and O–H groups in total. The molecule has 2 heterocycles. The number of aromatic nitrogens is 3. The van der Waals surface area contributed by atoms with Crippen LogP contribution in [0.25, 0.3) is 5.82 Å². The second-order valence-electron chi connectivity index (χ2n) is 6.07. The Bertz CT molecular complexity index is 671. The summed E-state index contributed by atoms with van der Waals surface area (Å²) in [4.78, 5) is 4.37. The normalized spacial score (nSPS) is 19.1. The fourth-order valence-electron chi connectivity index (χ4n) is 2.93. The second-order valence-corrected chi connectivity index (χ2v) is 6.07. The molecule has 20 heavy (non-hydrogen) atoms. The second kappa shape index (κ2) is 4.44. The van der Waals surface area contributed by atoms with Crippen molar-refractivity contribution in [1.82, 2.24) is 14.8 Å². The Morgan fingerprint density at radius 1 is 1.30 bits per heavy atom. The number of rotatable bonds is 1. The zero-order chi connectivity index (χ0) is 14.3. The maximum Gasteiger partial charge on any atom is 0.153 e. The lowest BCUT2D eigenvalue weighted by atomic mass is 9.75. The van der Waals surface area contributed by atoms with E-state index in [1.807, 2.05) is 29.8 Å². The van der Waals surface area contributed by atoms with Gasteiger partial charge in [0.05, 0.1) is 17.1 Å². The van der Waals surface area contributed by atoms with Crippen LogP contribution in [0.2, 0.25) is 0 Å². The Labute approximate surface area is 118 Å². The Balaban J connectivity index is 2.22. The van der Waals surface area contributed by atoms with Gasteiger partial charge in [0.15, 0.2) is 5.82 Å². The average molecular weight is 270 g/mol. The minimum atomic E-state index is 0.0492. The van der Waals surface area contributed by atoms with Crippen LogP contribution in [0.5, 0.6) is 0 Å². The van der Waals surface area contributed by atoms with E-state index in [1.54, 1.807) is 6.20 Å². The van der Waals surface area contributed by atoms with Gasteiger partial charge in [-0.1, -0.05) is 25.1 Å². The highest BCUT2D eigenvalue weighted by molar-refractivity contribution is 6.03. The maximum atomic E-state index is 9.31. The van der Waals surface area contributed by atoms with Gasteiger partial charge in [-0.2, -0.15) is 5.10 Å². The molecule has 2 aromatic heterocycles. The van der Waals surface area contributed by atoms with Crippen molar-refractivity contribution in [2.24, 2.45) is 10.6 Å². The molecule has 0 atom stereocenters. The first kappa shape index (κ1) is 12.8. The van der Waals surface area contributed by atoms with Gasteiger partial charge in [-0.15, -0.1) is 0 Å². The molecule has 5 heteroatoms. The first-order valence-electron chi connectivity index (χ1n) is 6.73. The summed E-state index contributed by atoms with van der Waals surface area (Å²) >= 11 is 0. The van der Waals surface area contributed by atoms with E-state index < -0.39 is 0 Å². The van der Waals surface area contributed by atoms with E-state index in [2.05, 4.69) is 29.1 Å². The zero-order valence-corrected chi connectivity index (χ0v) is 12.0. The van der Waals surface area contributed by atoms with Crippen LogP contribution in [0.15, 0.2) is 29.6 Å². The van der Waals surface area contributed by atoms with Gasteiger partial charge in [-0.25, -0.2) is 9.67 Å². The molecule has 0 bridgehead atoms. The van der Waals surface area contributed by atoms with E-state index in [0.717, 1.165) is 41.3 Å². The molecule has 5 nitrogen and oxygen atoms in total.